The first-order valence-corrected chi connectivity index (χ1v) is 17.4. The van der Waals surface area contributed by atoms with Gasteiger partial charge in [0.25, 0.3) is 0 Å². The molecule has 0 amide bonds. The smallest absolute Gasteiger partial charge is 0.169 e. The fourth-order valence-electron chi connectivity index (χ4n) is 6.73. The molecule has 3 aliphatic rings. The highest BCUT2D eigenvalue weighted by Crippen LogP contribution is 2.37. The number of ether oxygens (including phenoxy) is 8. The second-order valence-corrected chi connectivity index (χ2v) is 12.9. The molecule has 0 spiro atoms. The van der Waals surface area contributed by atoms with Crippen molar-refractivity contribution in [2.24, 2.45) is 5.11 Å². The lowest BCUT2D eigenvalue weighted by atomic mass is 9.97. The van der Waals surface area contributed by atoms with Crippen molar-refractivity contribution in [3.8, 4) is 0 Å². The predicted molar refractivity (Wildman–Crippen MR) is 187 cm³/mol. The molecule has 9 atom stereocenters. The van der Waals surface area contributed by atoms with Crippen LogP contribution in [-0.2, 0) is 64.3 Å². The van der Waals surface area contributed by atoms with Gasteiger partial charge >= 0.3 is 0 Å². The van der Waals surface area contributed by atoms with Crippen molar-refractivity contribution in [3.63, 3.8) is 0 Å². The number of hydrogen-bond acceptors (Lipinski definition) is 9. The Kier molecular flexibility index (Phi) is 12.4. The van der Waals surface area contributed by atoms with E-state index in [1.165, 1.54) is 0 Å². The number of benzene rings is 4. The molecule has 4 aromatic rings. The van der Waals surface area contributed by atoms with Crippen molar-refractivity contribution in [1.29, 1.82) is 0 Å². The fourth-order valence-corrected chi connectivity index (χ4v) is 6.73. The molecule has 3 saturated heterocycles. The van der Waals surface area contributed by atoms with E-state index >= 15 is 0 Å². The monoisotopic (exact) mass is 693 g/mol. The molecule has 3 fully saturated rings. The van der Waals surface area contributed by atoms with E-state index in [2.05, 4.69) is 10.0 Å². The SMILES string of the molecule is [N-]=[N+]=N[C@H]1[C@@H]2OC[C@@H](O2)[C@@H](O[C@H]2C[C@@H](OCc3ccccc3)[C@H](OCc3ccccc3)[C@@H](COCc3ccccc3)O2)[C@@H]1OCc1ccccc1. The second kappa shape index (κ2) is 17.9. The van der Waals surface area contributed by atoms with Crippen LogP contribution >= 0.6 is 0 Å². The Labute approximate surface area is 297 Å². The third-order valence-corrected chi connectivity index (χ3v) is 9.29. The van der Waals surface area contributed by atoms with Crippen LogP contribution in [0.5, 0.6) is 0 Å². The molecule has 3 aliphatic heterocycles. The van der Waals surface area contributed by atoms with Crippen LogP contribution in [0.2, 0.25) is 0 Å². The summed E-state index contributed by atoms with van der Waals surface area (Å²) in [6.07, 6.45) is -4.27. The molecule has 51 heavy (non-hydrogen) atoms. The first-order valence-electron chi connectivity index (χ1n) is 17.4. The number of rotatable bonds is 16. The predicted octanol–water partition coefficient (Wildman–Crippen LogP) is 6.89. The summed E-state index contributed by atoms with van der Waals surface area (Å²) in [7, 11) is 0. The Morgan fingerprint density at radius 3 is 1.73 bits per heavy atom. The van der Waals surface area contributed by atoms with Gasteiger partial charge in [-0.2, -0.15) is 0 Å². The lowest BCUT2D eigenvalue weighted by Gasteiger charge is -2.45. The largest absolute Gasteiger partial charge is 0.374 e. The number of nitrogens with zero attached hydrogens (tertiary/aromatic N) is 3. The van der Waals surface area contributed by atoms with Gasteiger partial charge in [0.05, 0.1) is 45.7 Å². The highest BCUT2D eigenvalue weighted by atomic mass is 16.8. The van der Waals surface area contributed by atoms with Gasteiger partial charge in [-0.15, -0.1) is 0 Å². The highest BCUT2D eigenvalue weighted by molar-refractivity contribution is 5.16. The Morgan fingerprint density at radius 1 is 0.627 bits per heavy atom. The minimum atomic E-state index is -0.761. The molecule has 0 saturated carbocycles. The zero-order chi connectivity index (χ0) is 34.7. The van der Waals surface area contributed by atoms with Crippen LogP contribution in [-0.4, -0.2) is 68.5 Å². The number of fused-ring (bicyclic) bond motifs is 2. The molecule has 7 rings (SSSR count). The summed E-state index contributed by atoms with van der Waals surface area (Å²) >= 11 is 0. The highest BCUT2D eigenvalue weighted by Gasteiger charge is 2.53. The molecule has 3 heterocycles. The minimum Gasteiger partial charge on any atom is -0.374 e. The lowest BCUT2D eigenvalue weighted by Crippen LogP contribution is -2.59. The molecule has 0 radical (unpaired) electrons. The van der Waals surface area contributed by atoms with Crippen molar-refractivity contribution in [3.05, 3.63) is 154 Å². The Hall–Kier alpha value is -4.13. The van der Waals surface area contributed by atoms with Gasteiger partial charge in [-0.25, -0.2) is 0 Å². The summed E-state index contributed by atoms with van der Waals surface area (Å²) in [5.74, 6) is 0. The molecule has 2 bridgehead atoms. The van der Waals surface area contributed by atoms with Gasteiger partial charge in [0.1, 0.15) is 36.6 Å². The van der Waals surface area contributed by atoms with E-state index in [9.17, 15) is 5.53 Å². The summed E-state index contributed by atoms with van der Waals surface area (Å²) in [5.41, 5.74) is 13.6. The topological polar surface area (TPSA) is 123 Å². The van der Waals surface area contributed by atoms with E-state index in [1.54, 1.807) is 0 Å². The van der Waals surface area contributed by atoms with Crippen molar-refractivity contribution < 1.29 is 37.9 Å². The van der Waals surface area contributed by atoms with Gasteiger partial charge in [0, 0.05) is 11.3 Å². The van der Waals surface area contributed by atoms with E-state index in [1.807, 2.05) is 121 Å². The molecule has 11 nitrogen and oxygen atoms in total. The average Bonchev–Trinajstić information content (AvgIpc) is 3.62. The van der Waals surface area contributed by atoms with Crippen LogP contribution in [0, 0.1) is 0 Å². The Morgan fingerprint density at radius 2 is 1.16 bits per heavy atom. The maximum absolute atomic E-state index is 9.49. The van der Waals surface area contributed by atoms with Crippen LogP contribution in [0.25, 0.3) is 10.4 Å². The van der Waals surface area contributed by atoms with Crippen molar-refractivity contribution in [2.45, 2.75) is 88.1 Å². The quantitative estimate of drug-likeness (QED) is 0.0706. The number of hydrogen-bond donors (Lipinski definition) is 0. The van der Waals surface area contributed by atoms with Crippen molar-refractivity contribution in [2.75, 3.05) is 13.2 Å². The van der Waals surface area contributed by atoms with Crippen LogP contribution in [0.3, 0.4) is 0 Å². The van der Waals surface area contributed by atoms with E-state index in [4.69, 9.17) is 37.9 Å². The van der Waals surface area contributed by atoms with Crippen LogP contribution in [0.1, 0.15) is 28.7 Å². The average molecular weight is 694 g/mol. The zero-order valence-corrected chi connectivity index (χ0v) is 28.3. The van der Waals surface area contributed by atoms with Gasteiger partial charge in [0.15, 0.2) is 12.6 Å². The molecule has 266 valence electrons. The first-order chi connectivity index (χ1) is 25.2. The molecule has 0 aromatic heterocycles. The second-order valence-electron chi connectivity index (χ2n) is 12.9. The Balaban J connectivity index is 1.13. The molecular formula is C40H43N3O8. The fraction of sp³-hybridized carbons (Fsp3) is 0.400. The van der Waals surface area contributed by atoms with E-state index in [0.717, 1.165) is 22.3 Å². The molecule has 0 N–H and O–H groups in total. The standard InChI is InChI=1S/C40H43N3O8/c41-43-42-36-39(47-25-31-19-11-4-12-20-31)38(34-27-48-40(36)50-34)51-35-21-32(45-23-29-15-7-2-8-16-29)37(46-24-30-17-9-3-10-18-30)33(49-35)26-44-22-28-13-5-1-6-14-28/h1-20,32-40H,21-27H2/t32-,33-,34-,35+,36-,37+,38-,39-,40-/m1/s1. The van der Waals surface area contributed by atoms with Gasteiger partial charge in [-0.1, -0.05) is 126 Å². The molecule has 11 heteroatoms. The van der Waals surface area contributed by atoms with Crippen molar-refractivity contribution >= 4 is 0 Å². The van der Waals surface area contributed by atoms with Crippen LogP contribution < -0.4 is 0 Å². The van der Waals surface area contributed by atoms with Gasteiger partial charge in [-0.3, -0.25) is 0 Å². The first kappa shape index (κ1) is 35.3. The summed E-state index contributed by atoms with van der Waals surface area (Å²) in [6, 6.07) is 39.2. The minimum absolute atomic E-state index is 0.241. The maximum atomic E-state index is 9.49. The van der Waals surface area contributed by atoms with Crippen LogP contribution in [0.4, 0.5) is 0 Å². The molecular weight excluding hydrogens is 650 g/mol. The van der Waals surface area contributed by atoms with E-state index in [-0.39, 0.29) is 13.2 Å². The molecule has 0 unspecified atom stereocenters. The Bertz CT molecular complexity index is 1660. The van der Waals surface area contributed by atoms with Gasteiger partial charge in [0.2, 0.25) is 0 Å². The van der Waals surface area contributed by atoms with E-state index in [0.29, 0.717) is 32.8 Å². The van der Waals surface area contributed by atoms with Gasteiger partial charge < -0.3 is 37.9 Å². The zero-order valence-electron chi connectivity index (χ0n) is 28.3. The number of azide groups is 1. The summed E-state index contributed by atoms with van der Waals surface area (Å²) < 4.78 is 51.6. The maximum Gasteiger partial charge on any atom is 0.169 e. The molecule has 4 aromatic carbocycles. The summed E-state index contributed by atoms with van der Waals surface area (Å²) in [5, 5.41) is 4.05. The van der Waals surface area contributed by atoms with Gasteiger partial charge in [-0.05, 0) is 27.8 Å². The third kappa shape index (κ3) is 9.41. The summed E-state index contributed by atoms with van der Waals surface area (Å²) in [6.45, 7) is 1.97. The third-order valence-electron chi connectivity index (χ3n) is 9.29. The molecule has 0 aliphatic carbocycles. The summed E-state index contributed by atoms with van der Waals surface area (Å²) in [4.78, 5) is 3.10. The van der Waals surface area contributed by atoms with Crippen LogP contribution in [0.15, 0.2) is 126 Å². The normalized spacial score (nSPS) is 28.6. The van der Waals surface area contributed by atoms with Crippen molar-refractivity contribution in [1.82, 2.24) is 0 Å². The van der Waals surface area contributed by atoms with E-state index < -0.39 is 55.2 Å². The lowest BCUT2D eigenvalue weighted by molar-refractivity contribution is -0.313.